The summed E-state index contributed by atoms with van der Waals surface area (Å²) in [5, 5.41) is 3.31. The molecule has 0 saturated carbocycles. The Labute approximate surface area is 290 Å². The number of hydrogen-bond donors (Lipinski definition) is 0. The van der Waals surface area contributed by atoms with Gasteiger partial charge in [-0.2, -0.15) is 0 Å². The van der Waals surface area contributed by atoms with Gasteiger partial charge in [-0.3, -0.25) is 4.98 Å². The molecule has 0 bridgehead atoms. The number of hydrogen-bond acceptors (Lipinski definition) is 4. The van der Waals surface area contributed by atoms with Crippen LogP contribution in [0.3, 0.4) is 0 Å². The van der Waals surface area contributed by atoms with Gasteiger partial charge in [0.15, 0.2) is 0 Å². The second kappa shape index (κ2) is 14.2. The molecule has 1 atom stereocenters. The van der Waals surface area contributed by atoms with Crippen molar-refractivity contribution in [2.75, 3.05) is 0 Å². The van der Waals surface area contributed by atoms with Crippen LogP contribution in [0.25, 0.3) is 44.5 Å². The van der Waals surface area contributed by atoms with E-state index in [1.165, 1.54) is 34.6 Å². The van der Waals surface area contributed by atoms with Crippen molar-refractivity contribution < 1.29 is 28.9 Å². The van der Waals surface area contributed by atoms with Gasteiger partial charge in [0.1, 0.15) is 11.4 Å². The van der Waals surface area contributed by atoms with E-state index in [4.69, 9.17) is 9.40 Å². The van der Waals surface area contributed by atoms with Crippen molar-refractivity contribution in [3.05, 3.63) is 144 Å². The average molecular weight is 814 g/mol. The van der Waals surface area contributed by atoms with Crippen LogP contribution in [0.5, 0.6) is 0 Å². The average Bonchev–Trinajstić information content (AvgIpc) is 3.42. The van der Waals surface area contributed by atoms with E-state index in [-0.39, 0.29) is 31.8 Å². The van der Waals surface area contributed by atoms with E-state index in [0.29, 0.717) is 5.69 Å². The Kier molecular flexibility index (Phi) is 10.3. The van der Waals surface area contributed by atoms with Crippen molar-refractivity contribution in [1.29, 1.82) is 0 Å². The summed E-state index contributed by atoms with van der Waals surface area (Å²) in [6, 6.07) is 35.7. The molecule has 0 saturated heterocycles. The fourth-order valence-corrected chi connectivity index (χ4v) is 6.50. The summed E-state index contributed by atoms with van der Waals surface area (Å²) in [7, 11) is -1.24. The zero-order valence-corrected chi connectivity index (χ0v) is 30.7. The Hall–Kier alpha value is -4.29. The molecule has 1 radical (unpaired) electrons. The summed E-state index contributed by atoms with van der Waals surface area (Å²) < 4.78 is 19.8. The van der Waals surface area contributed by atoms with Gasteiger partial charge in [-0.1, -0.05) is 81.3 Å². The van der Waals surface area contributed by atoms with Crippen molar-refractivity contribution in [3.63, 3.8) is 0 Å². The summed E-state index contributed by atoms with van der Waals surface area (Å²) in [5.74, 6) is -0.226. The van der Waals surface area contributed by atoms with Gasteiger partial charge in [-0.05, 0) is 41.2 Å². The number of aryl methyl sites for hydroxylation is 2. The van der Waals surface area contributed by atoms with Gasteiger partial charge in [0.05, 0.1) is 19.4 Å². The topological polar surface area (TPSA) is 51.8 Å². The molecule has 1 unspecified atom stereocenters. The molecule has 0 aliphatic heterocycles. The van der Waals surface area contributed by atoms with Crippen molar-refractivity contribution in [3.8, 4) is 22.5 Å². The van der Waals surface area contributed by atoms with Crippen LogP contribution in [0.15, 0.2) is 108 Å². The molecule has 0 spiro atoms. The number of furan rings is 1. The monoisotopic (exact) mass is 814 g/mol. The minimum absolute atomic E-state index is 0. The number of halogens is 1. The van der Waals surface area contributed by atoms with Crippen LogP contribution in [0.2, 0.25) is 19.6 Å². The van der Waals surface area contributed by atoms with Gasteiger partial charge >= 0.3 is 0 Å². The number of fused-ring (bicyclic) bond motifs is 3. The normalized spacial score (nSPS) is 11.9. The third-order valence-corrected chi connectivity index (χ3v) is 10.2. The van der Waals surface area contributed by atoms with Crippen LogP contribution in [0.1, 0.15) is 35.4 Å². The first-order valence-corrected chi connectivity index (χ1v) is 18.9. The molecule has 0 N–H and O–H groups in total. The summed E-state index contributed by atoms with van der Waals surface area (Å²) >= 11 is 0. The second-order valence-corrected chi connectivity index (χ2v) is 17.8. The summed E-state index contributed by atoms with van der Waals surface area (Å²) in [6.07, 6.45) is 3.49. The van der Waals surface area contributed by atoms with Gasteiger partial charge in [0.25, 0.3) is 0 Å². The van der Waals surface area contributed by atoms with Gasteiger partial charge in [-0.25, -0.2) is 4.39 Å². The molecule has 3 aromatic carbocycles. The van der Waals surface area contributed by atoms with Crippen LogP contribution in [0, 0.1) is 31.8 Å². The third-order valence-electron chi connectivity index (χ3n) is 8.12. The van der Waals surface area contributed by atoms with Gasteiger partial charge in [0, 0.05) is 55.6 Å². The molecule has 4 aromatic heterocycles. The zero-order chi connectivity index (χ0) is 32.4. The van der Waals surface area contributed by atoms with E-state index in [0.717, 1.165) is 50.1 Å². The van der Waals surface area contributed by atoms with E-state index in [9.17, 15) is 4.39 Å². The van der Waals surface area contributed by atoms with Crippen molar-refractivity contribution >= 4 is 35.2 Å². The number of benzene rings is 3. The maximum absolute atomic E-state index is 13.7. The summed E-state index contributed by atoms with van der Waals surface area (Å²) in [5.41, 5.74) is 9.15. The van der Waals surface area contributed by atoms with E-state index in [1.54, 1.807) is 6.07 Å². The Balaban J connectivity index is 0.000000207. The minimum atomic E-state index is -1.24. The molecule has 0 amide bonds. The molecule has 4 nitrogen and oxygen atoms in total. The van der Waals surface area contributed by atoms with E-state index >= 15 is 0 Å². The largest absolute Gasteiger partial charge is 0.500 e. The SMILES string of the molecule is Cc1c[c-]c(-c2ccc([Si](C)(C)C)cn2)cc1.Cc1cc2oc3c[c-]c(-c4cc(F)ccn4)cc3c2c(C(C)c2ccccc2)n1.[Ir]. The van der Waals surface area contributed by atoms with Gasteiger partial charge in [-0.15, -0.1) is 59.2 Å². The Morgan fingerprint density at radius 3 is 2.21 bits per heavy atom. The van der Waals surface area contributed by atoms with Crippen LogP contribution in [0.4, 0.5) is 4.39 Å². The van der Waals surface area contributed by atoms with Crippen molar-refractivity contribution in [2.24, 2.45) is 0 Å². The van der Waals surface area contributed by atoms with Crippen LogP contribution in [-0.2, 0) is 20.1 Å². The zero-order valence-electron chi connectivity index (χ0n) is 27.4. The predicted molar refractivity (Wildman–Crippen MR) is 188 cm³/mol. The molecule has 0 aliphatic carbocycles. The molecular formula is C40H36FIrN3OSi-2. The Morgan fingerprint density at radius 2 is 1.55 bits per heavy atom. The minimum Gasteiger partial charge on any atom is -0.500 e. The fraction of sp³-hybridized carbons (Fsp3) is 0.175. The third kappa shape index (κ3) is 7.65. The quantitative estimate of drug-likeness (QED) is 0.128. The molecular weight excluding hydrogens is 778 g/mol. The van der Waals surface area contributed by atoms with E-state index in [2.05, 4.69) is 92.0 Å². The molecule has 0 aliphatic rings. The number of pyridine rings is 3. The molecule has 0 fully saturated rings. The Morgan fingerprint density at radius 1 is 0.787 bits per heavy atom. The molecule has 239 valence electrons. The van der Waals surface area contributed by atoms with Gasteiger partial charge in [0.2, 0.25) is 0 Å². The van der Waals surface area contributed by atoms with Gasteiger partial charge < -0.3 is 14.4 Å². The van der Waals surface area contributed by atoms with E-state index < -0.39 is 8.07 Å². The number of aromatic nitrogens is 3. The van der Waals surface area contributed by atoms with Crippen molar-refractivity contribution in [1.82, 2.24) is 15.0 Å². The second-order valence-electron chi connectivity index (χ2n) is 12.7. The first-order valence-electron chi connectivity index (χ1n) is 15.4. The maximum Gasteiger partial charge on any atom is 0.124 e. The maximum atomic E-state index is 13.7. The van der Waals surface area contributed by atoms with Crippen molar-refractivity contribution in [2.45, 2.75) is 46.3 Å². The first kappa shape index (κ1) is 34.1. The van der Waals surface area contributed by atoms with Crippen LogP contribution in [-0.4, -0.2) is 23.0 Å². The molecule has 47 heavy (non-hydrogen) atoms. The smallest absolute Gasteiger partial charge is 0.124 e. The number of rotatable bonds is 5. The fourth-order valence-electron chi connectivity index (χ4n) is 5.47. The Bertz CT molecular complexity index is 2120. The molecule has 7 rings (SSSR count). The van der Waals surface area contributed by atoms with E-state index in [1.807, 2.05) is 49.5 Å². The summed E-state index contributed by atoms with van der Waals surface area (Å²) in [6.45, 7) is 13.2. The van der Waals surface area contributed by atoms with Crippen LogP contribution < -0.4 is 5.19 Å². The standard InChI is InChI=1S/C25H18FN2O.C15H18NSi.Ir/c1-15-12-23-24(25(28-15)16(2)17-6-4-3-5-7-17)20-13-18(8-9-22(20)29-23)21-14-19(26)10-11-27-21;1-12-5-7-13(8-6-12)15-10-9-14(11-16-15)17(2,3)4;/h3-7,9-14,16H,1-2H3;5-7,9-11H,1-4H3;/q2*-1;. The molecule has 7 aromatic rings. The van der Waals surface area contributed by atoms with Crippen LogP contribution >= 0.6 is 0 Å². The first-order chi connectivity index (χ1) is 22.1. The molecule has 4 heterocycles. The predicted octanol–water partition coefficient (Wildman–Crippen LogP) is 9.84. The molecule has 7 heteroatoms. The summed E-state index contributed by atoms with van der Waals surface area (Å²) in [4.78, 5) is 13.7. The number of nitrogens with zero attached hydrogens (tertiary/aromatic N) is 3.